The van der Waals surface area contributed by atoms with E-state index in [4.69, 9.17) is 15.0 Å². The molecule has 1 aromatic carbocycles. The lowest BCUT2D eigenvalue weighted by Gasteiger charge is -2.13. The molecule has 0 bridgehead atoms. The molecule has 142 valence electrons. The highest BCUT2D eigenvalue weighted by atomic mass is 16.5. The average molecular weight is 373 g/mol. The summed E-state index contributed by atoms with van der Waals surface area (Å²) in [7, 11) is 0. The lowest BCUT2D eigenvalue weighted by atomic mass is 10.0. The zero-order valence-corrected chi connectivity index (χ0v) is 15.8. The fourth-order valence-corrected chi connectivity index (χ4v) is 3.77. The van der Waals surface area contributed by atoms with Gasteiger partial charge in [0.2, 0.25) is 5.88 Å². The van der Waals surface area contributed by atoms with Crippen LogP contribution in [0.4, 0.5) is 0 Å². The SMILES string of the molecule is N#Cc1ccc(-c2cc3c(cnn3CC3CCNC3)nc2OCC2CC2)cc1. The quantitative estimate of drug-likeness (QED) is 0.717. The number of hydrogen-bond donors (Lipinski definition) is 1. The monoisotopic (exact) mass is 373 g/mol. The Labute approximate surface area is 164 Å². The van der Waals surface area contributed by atoms with Crippen LogP contribution in [0.15, 0.2) is 36.5 Å². The Balaban J connectivity index is 1.54. The number of rotatable bonds is 6. The first-order valence-electron chi connectivity index (χ1n) is 10.0. The molecule has 5 rings (SSSR count). The van der Waals surface area contributed by atoms with Crippen molar-refractivity contribution in [3.63, 3.8) is 0 Å². The third-order valence-electron chi connectivity index (χ3n) is 5.66. The van der Waals surface area contributed by atoms with Crippen molar-refractivity contribution in [1.82, 2.24) is 20.1 Å². The first-order valence-corrected chi connectivity index (χ1v) is 10.0. The fraction of sp³-hybridized carbons (Fsp3) is 0.409. The number of pyridine rings is 1. The van der Waals surface area contributed by atoms with E-state index >= 15 is 0 Å². The van der Waals surface area contributed by atoms with Crippen molar-refractivity contribution in [3.05, 3.63) is 42.1 Å². The summed E-state index contributed by atoms with van der Waals surface area (Å²) in [5, 5.41) is 17.1. The van der Waals surface area contributed by atoms with Crippen LogP contribution in [0.3, 0.4) is 0 Å². The van der Waals surface area contributed by atoms with Crippen LogP contribution < -0.4 is 10.1 Å². The summed E-state index contributed by atoms with van der Waals surface area (Å²) in [6.45, 7) is 3.73. The molecule has 1 unspecified atom stereocenters. The molecular formula is C22H23N5O. The molecule has 3 heterocycles. The minimum absolute atomic E-state index is 0.604. The van der Waals surface area contributed by atoms with Crippen molar-refractivity contribution in [2.75, 3.05) is 19.7 Å². The number of hydrogen-bond acceptors (Lipinski definition) is 5. The highest BCUT2D eigenvalue weighted by molar-refractivity contribution is 5.83. The molecule has 6 heteroatoms. The van der Waals surface area contributed by atoms with Crippen LogP contribution in [0.5, 0.6) is 5.88 Å². The number of ether oxygens (including phenoxy) is 1. The zero-order valence-electron chi connectivity index (χ0n) is 15.8. The topological polar surface area (TPSA) is 75.8 Å². The first-order chi connectivity index (χ1) is 13.8. The van der Waals surface area contributed by atoms with Gasteiger partial charge in [0.05, 0.1) is 30.0 Å². The Bertz CT molecular complexity index is 1020. The van der Waals surface area contributed by atoms with E-state index in [-0.39, 0.29) is 0 Å². The molecule has 1 aliphatic carbocycles. The molecule has 1 saturated heterocycles. The van der Waals surface area contributed by atoms with Crippen LogP contribution in [-0.4, -0.2) is 34.5 Å². The van der Waals surface area contributed by atoms with Gasteiger partial charge in [-0.1, -0.05) is 12.1 Å². The minimum Gasteiger partial charge on any atom is -0.477 e. The van der Waals surface area contributed by atoms with E-state index < -0.39 is 0 Å². The second-order valence-corrected chi connectivity index (χ2v) is 7.87. The Kier molecular flexibility index (Phi) is 4.46. The van der Waals surface area contributed by atoms with Gasteiger partial charge < -0.3 is 10.1 Å². The molecule has 0 spiro atoms. The van der Waals surface area contributed by atoms with Gasteiger partial charge in [0.25, 0.3) is 0 Å². The Morgan fingerprint density at radius 1 is 1.18 bits per heavy atom. The third-order valence-corrected chi connectivity index (χ3v) is 5.66. The van der Waals surface area contributed by atoms with Gasteiger partial charge in [0, 0.05) is 12.1 Å². The second-order valence-electron chi connectivity index (χ2n) is 7.87. The summed E-state index contributed by atoms with van der Waals surface area (Å²) in [5.74, 6) is 1.92. The lowest BCUT2D eigenvalue weighted by Crippen LogP contribution is -2.15. The second kappa shape index (κ2) is 7.25. The maximum atomic E-state index is 9.09. The van der Waals surface area contributed by atoms with E-state index in [1.165, 1.54) is 19.3 Å². The Hall–Kier alpha value is -2.91. The smallest absolute Gasteiger partial charge is 0.222 e. The summed E-state index contributed by atoms with van der Waals surface area (Å²) >= 11 is 0. The number of nitrogens with one attached hydrogen (secondary N) is 1. The molecular weight excluding hydrogens is 350 g/mol. The number of fused-ring (bicyclic) bond motifs is 1. The predicted octanol–water partition coefficient (Wildman–Crippen LogP) is 3.37. The molecule has 2 aromatic heterocycles. The van der Waals surface area contributed by atoms with Gasteiger partial charge in [-0.25, -0.2) is 4.98 Å². The summed E-state index contributed by atoms with van der Waals surface area (Å²) in [6.07, 6.45) is 5.49. The maximum Gasteiger partial charge on any atom is 0.222 e. The Morgan fingerprint density at radius 2 is 2.04 bits per heavy atom. The molecule has 1 N–H and O–H groups in total. The number of aromatic nitrogens is 3. The van der Waals surface area contributed by atoms with Gasteiger partial charge in [-0.3, -0.25) is 4.68 Å². The molecule has 2 fully saturated rings. The van der Waals surface area contributed by atoms with Gasteiger partial charge in [0.15, 0.2) is 0 Å². The van der Waals surface area contributed by atoms with Crippen LogP contribution in [0.2, 0.25) is 0 Å². The Morgan fingerprint density at radius 3 is 2.75 bits per heavy atom. The van der Waals surface area contributed by atoms with E-state index in [2.05, 4.69) is 27.2 Å². The van der Waals surface area contributed by atoms with Gasteiger partial charge in [0.1, 0.15) is 5.52 Å². The number of nitriles is 1. The largest absolute Gasteiger partial charge is 0.477 e. The van der Waals surface area contributed by atoms with E-state index in [0.29, 0.717) is 29.9 Å². The molecule has 6 nitrogen and oxygen atoms in total. The van der Waals surface area contributed by atoms with Crippen LogP contribution >= 0.6 is 0 Å². The summed E-state index contributed by atoms with van der Waals surface area (Å²) < 4.78 is 8.17. The number of benzene rings is 1. The first kappa shape index (κ1) is 17.2. The van der Waals surface area contributed by atoms with Crippen LogP contribution in [0.1, 0.15) is 24.8 Å². The molecule has 3 aromatic rings. The average Bonchev–Trinajstić information content (AvgIpc) is 3.27. The minimum atomic E-state index is 0.604. The lowest BCUT2D eigenvalue weighted by molar-refractivity contribution is 0.291. The summed E-state index contributed by atoms with van der Waals surface area (Å²) in [6, 6.07) is 11.9. The number of nitrogens with zero attached hydrogens (tertiary/aromatic N) is 4. The van der Waals surface area contributed by atoms with Crippen LogP contribution in [0, 0.1) is 23.2 Å². The van der Waals surface area contributed by atoms with E-state index in [0.717, 1.165) is 41.8 Å². The zero-order chi connectivity index (χ0) is 18.9. The molecule has 0 amide bonds. The van der Waals surface area contributed by atoms with E-state index in [9.17, 15) is 0 Å². The summed E-state index contributed by atoms with van der Waals surface area (Å²) in [5.41, 5.74) is 4.52. The molecule has 0 radical (unpaired) electrons. The molecule has 1 atom stereocenters. The van der Waals surface area contributed by atoms with Crippen molar-refractivity contribution in [3.8, 4) is 23.1 Å². The fourth-order valence-electron chi connectivity index (χ4n) is 3.77. The highest BCUT2D eigenvalue weighted by Gasteiger charge is 2.24. The van der Waals surface area contributed by atoms with Crippen molar-refractivity contribution in [1.29, 1.82) is 5.26 Å². The van der Waals surface area contributed by atoms with Crippen molar-refractivity contribution >= 4 is 11.0 Å². The van der Waals surface area contributed by atoms with Gasteiger partial charge in [-0.15, -0.1) is 0 Å². The van der Waals surface area contributed by atoms with E-state index in [1.807, 2.05) is 30.5 Å². The normalized spacial score (nSPS) is 19.0. The standard InChI is InChI=1S/C22H23N5O/c23-10-15-3-5-18(6-4-15)19-9-21-20(26-22(19)28-14-16-1-2-16)12-25-27(21)13-17-7-8-24-11-17/h3-6,9,12,16-17,24H,1-2,7-8,11,13-14H2. The molecule has 1 saturated carbocycles. The third kappa shape index (κ3) is 3.46. The van der Waals surface area contributed by atoms with Crippen molar-refractivity contribution in [2.45, 2.75) is 25.8 Å². The van der Waals surface area contributed by atoms with Gasteiger partial charge >= 0.3 is 0 Å². The van der Waals surface area contributed by atoms with Crippen molar-refractivity contribution in [2.24, 2.45) is 11.8 Å². The van der Waals surface area contributed by atoms with Crippen LogP contribution in [-0.2, 0) is 6.54 Å². The van der Waals surface area contributed by atoms with Crippen LogP contribution in [0.25, 0.3) is 22.2 Å². The predicted molar refractivity (Wildman–Crippen MR) is 107 cm³/mol. The molecule has 2 aliphatic rings. The molecule has 1 aliphatic heterocycles. The van der Waals surface area contributed by atoms with Crippen molar-refractivity contribution < 1.29 is 4.74 Å². The van der Waals surface area contributed by atoms with E-state index in [1.54, 1.807) is 0 Å². The highest BCUT2D eigenvalue weighted by Crippen LogP contribution is 2.35. The van der Waals surface area contributed by atoms with Gasteiger partial charge in [-0.05, 0) is 68.0 Å². The van der Waals surface area contributed by atoms with Gasteiger partial charge in [-0.2, -0.15) is 10.4 Å². The summed E-state index contributed by atoms with van der Waals surface area (Å²) in [4.78, 5) is 4.80. The molecule has 28 heavy (non-hydrogen) atoms. The maximum absolute atomic E-state index is 9.09.